The Morgan fingerprint density at radius 3 is 2.50 bits per heavy atom. The third-order valence-electron chi connectivity index (χ3n) is 5.85. The van der Waals surface area contributed by atoms with Crippen molar-refractivity contribution in [1.29, 1.82) is 0 Å². The molecule has 1 fully saturated rings. The third kappa shape index (κ3) is 4.68. The zero-order valence-corrected chi connectivity index (χ0v) is 20.2. The average Bonchev–Trinajstić information content (AvgIpc) is 3.25. The van der Waals surface area contributed by atoms with Gasteiger partial charge in [0.05, 0.1) is 24.5 Å². The maximum atomic E-state index is 12.4. The zero-order chi connectivity index (χ0) is 22.1. The lowest BCUT2D eigenvalue weighted by Crippen LogP contribution is -2.39. The van der Waals surface area contributed by atoms with Crippen molar-refractivity contribution in [3.63, 3.8) is 0 Å². The van der Waals surface area contributed by atoms with Crippen LogP contribution in [0.2, 0.25) is 0 Å². The molecule has 1 aliphatic heterocycles. The highest BCUT2D eigenvalue weighted by Crippen LogP contribution is 2.54. The minimum Gasteiger partial charge on any atom is -0.471 e. The molecule has 2 aromatic heterocycles. The second-order valence-corrected chi connectivity index (χ2v) is 13.2. The molecule has 2 aromatic rings. The summed E-state index contributed by atoms with van der Waals surface area (Å²) in [5, 5.41) is 6.07. The molecule has 0 aromatic carbocycles. The highest BCUT2D eigenvalue weighted by molar-refractivity contribution is 8.33. The van der Waals surface area contributed by atoms with Gasteiger partial charge in [0.15, 0.2) is 0 Å². The van der Waals surface area contributed by atoms with E-state index in [0.717, 1.165) is 29.2 Å². The second kappa shape index (κ2) is 8.65. The first-order valence-corrected chi connectivity index (χ1v) is 13.0. The van der Waals surface area contributed by atoms with Crippen LogP contribution in [0.25, 0.3) is 5.52 Å². The van der Waals surface area contributed by atoms with Crippen LogP contribution in [-0.4, -0.2) is 67.1 Å². The van der Waals surface area contributed by atoms with Crippen LogP contribution in [0.1, 0.15) is 54.9 Å². The maximum Gasteiger partial charge on any atom is 0.410 e. The lowest BCUT2D eigenvalue weighted by atomic mass is 10.2. The van der Waals surface area contributed by atoms with Crippen molar-refractivity contribution in [2.45, 2.75) is 77.7 Å². The minimum absolute atomic E-state index is 0.0627. The molecule has 2 atom stereocenters. The Morgan fingerprint density at radius 2 is 1.90 bits per heavy atom. The molecule has 0 N–H and O–H groups in total. The number of carbonyl (C=O) groups is 1. The highest BCUT2D eigenvalue weighted by Gasteiger charge is 2.36. The summed E-state index contributed by atoms with van der Waals surface area (Å²) in [6.07, 6.45) is 4.02. The number of hydrogen-bond acceptors (Lipinski definition) is 5. The Morgan fingerprint density at radius 1 is 1.23 bits per heavy atom. The summed E-state index contributed by atoms with van der Waals surface area (Å²) in [5.41, 5.74) is 0.479. The number of rotatable bonds is 6. The third-order valence-corrected chi connectivity index (χ3v) is 10.3. The van der Waals surface area contributed by atoms with Crippen molar-refractivity contribution >= 4 is 21.6 Å². The summed E-state index contributed by atoms with van der Waals surface area (Å²) >= 11 is 0. The molecule has 0 spiro atoms. The van der Waals surface area contributed by atoms with Crippen molar-refractivity contribution < 1.29 is 14.3 Å². The Bertz CT molecular complexity index is 880. The standard InChI is InChI=1S/C22H36N4O3S/c1-8-30(9-2,10-3)20-12-17-13-23-19(15-26(17)24-20)28-18-11-16(4)25(14-18)21(27)29-22(5,6)7/h12-13,15-16,18H,8-11,14H2,1-7H3/t16-,18+/m0/s1. The molecule has 3 heterocycles. The normalized spacial score (nSPS) is 20.6. The van der Waals surface area contributed by atoms with E-state index in [1.807, 2.05) is 44.6 Å². The number of ether oxygens (including phenoxy) is 2. The Balaban J connectivity index is 1.73. The molecule has 8 heteroatoms. The highest BCUT2D eigenvalue weighted by atomic mass is 32.3. The zero-order valence-electron chi connectivity index (χ0n) is 19.3. The van der Waals surface area contributed by atoms with Gasteiger partial charge < -0.3 is 14.4 Å². The first kappa shape index (κ1) is 22.7. The van der Waals surface area contributed by atoms with Crippen LogP contribution >= 0.6 is 10.0 Å². The maximum absolute atomic E-state index is 12.4. The molecule has 3 rings (SSSR count). The first-order chi connectivity index (χ1) is 14.1. The summed E-state index contributed by atoms with van der Waals surface area (Å²) < 4.78 is 13.5. The van der Waals surface area contributed by atoms with E-state index in [1.54, 1.807) is 4.90 Å². The fourth-order valence-corrected chi connectivity index (χ4v) is 6.74. The van der Waals surface area contributed by atoms with Crippen molar-refractivity contribution in [3.05, 3.63) is 18.5 Å². The van der Waals surface area contributed by atoms with Crippen LogP contribution in [0, 0.1) is 0 Å². The number of carbonyl (C=O) groups excluding carboxylic acids is 1. The summed E-state index contributed by atoms with van der Waals surface area (Å²) in [6, 6.07) is 2.23. The number of amides is 1. The molecule has 0 radical (unpaired) electrons. The van der Waals surface area contributed by atoms with Crippen molar-refractivity contribution in [2.75, 3.05) is 23.8 Å². The van der Waals surface area contributed by atoms with Gasteiger partial charge in [-0.3, -0.25) is 0 Å². The van der Waals surface area contributed by atoms with Crippen LogP contribution in [0.3, 0.4) is 0 Å². The number of likely N-dealkylation sites (tertiary alicyclic amines) is 1. The van der Waals surface area contributed by atoms with Crippen molar-refractivity contribution in [1.82, 2.24) is 19.5 Å². The van der Waals surface area contributed by atoms with E-state index in [0.29, 0.717) is 12.4 Å². The summed E-state index contributed by atoms with van der Waals surface area (Å²) in [4.78, 5) is 18.7. The summed E-state index contributed by atoms with van der Waals surface area (Å²) in [5.74, 6) is 3.95. The molecule has 0 unspecified atom stereocenters. The van der Waals surface area contributed by atoms with Crippen LogP contribution in [0.5, 0.6) is 5.88 Å². The van der Waals surface area contributed by atoms with E-state index in [9.17, 15) is 4.79 Å². The van der Waals surface area contributed by atoms with E-state index in [-0.39, 0.29) is 18.2 Å². The predicted octanol–water partition coefficient (Wildman–Crippen LogP) is 4.73. The van der Waals surface area contributed by atoms with E-state index in [1.165, 1.54) is 5.03 Å². The SMILES string of the molecule is CCS(CC)(CC)c1cc2cnc(O[C@@H]3C[C@H](C)N(C(=O)OC(C)(C)C)C3)cn2n1. The first-order valence-electron chi connectivity index (χ1n) is 10.9. The molecule has 168 valence electrons. The van der Waals surface area contributed by atoms with Gasteiger partial charge in [-0.05, 0) is 51.0 Å². The second-order valence-electron chi connectivity index (χ2n) is 8.95. The Kier molecular flexibility index (Phi) is 6.55. The summed E-state index contributed by atoms with van der Waals surface area (Å²) in [6.45, 7) is 14.9. The molecule has 1 aliphatic rings. The largest absolute Gasteiger partial charge is 0.471 e. The predicted molar refractivity (Wildman–Crippen MR) is 122 cm³/mol. The molecule has 0 bridgehead atoms. The van der Waals surface area contributed by atoms with Gasteiger partial charge in [0, 0.05) is 12.5 Å². The molecule has 7 nitrogen and oxygen atoms in total. The monoisotopic (exact) mass is 436 g/mol. The fourth-order valence-electron chi connectivity index (χ4n) is 3.99. The number of hydrogen-bond donors (Lipinski definition) is 0. The lowest BCUT2D eigenvalue weighted by molar-refractivity contribution is 0.0223. The molecule has 0 saturated carbocycles. The van der Waals surface area contributed by atoms with Crippen LogP contribution in [-0.2, 0) is 4.74 Å². The molecule has 30 heavy (non-hydrogen) atoms. The number of nitrogens with zero attached hydrogens (tertiary/aromatic N) is 4. The smallest absolute Gasteiger partial charge is 0.410 e. The van der Waals surface area contributed by atoms with Gasteiger partial charge in [-0.15, -0.1) is 0 Å². The molecule has 1 saturated heterocycles. The topological polar surface area (TPSA) is 69.0 Å². The molecule has 0 aliphatic carbocycles. The molecular formula is C22H36N4O3S. The van der Waals surface area contributed by atoms with Gasteiger partial charge in [0.2, 0.25) is 5.88 Å². The fraction of sp³-hybridized carbons (Fsp3) is 0.682. The van der Waals surface area contributed by atoms with E-state index in [2.05, 4.69) is 31.8 Å². The van der Waals surface area contributed by atoms with Crippen molar-refractivity contribution in [2.24, 2.45) is 0 Å². The minimum atomic E-state index is -0.884. The Labute approximate surface area is 181 Å². The van der Waals surface area contributed by atoms with Gasteiger partial charge in [0.25, 0.3) is 0 Å². The van der Waals surface area contributed by atoms with E-state index in [4.69, 9.17) is 14.6 Å². The average molecular weight is 437 g/mol. The van der Waals surface area contributed by atoms with Crippen LogP contribution < -0.4 is 4.74 Å². The van der Waals surface area contributed by atoms with Gasteiger partial charge in [-0.2, -0.15) is 15.1 Å². The summed E-state index contributed by atoms with van der Waals surface area (Å²) in [7, 11) is -0.884. The lowest BCUT2D eigenvalue weighted by Gasteiger charge is -2.34. The van der Waals surface area contributed by atoms with Crippen molar-refractivity contribution in [3.8, 4) is 5.88 Å². The van der Waals surface area contributed by atoms with Crippen LogP contribution in [0.15, 0.2) is 23.5 Å². The van der Waals surface area contributed by atoms with Gasteiger partial charge >= 0.3 is 6.09 Å². The van der Waals surface area contributed by atoms with Gasteiger partial charge in [0.1, 0.15) is 16.7 Å². The van der Waals surface area contributed by atoms with Gasteiger partial charge in [-0.1, -0.05) is 20.8 Å². The van der Waals surface area contributed by atoms with E-state index < -0.39 is 15.6 Å². The van der Waals surface area contributed by atoms with Crippen LogP contribution in [0.4, 0.5) is 4.79 Å². The number of fused-ring (bicyclic) bond motifs is 1. The quantitative estimate of drug-likeness (QED) is 0.655. The van der Waals surface area contributed by atoms with E-state index >= 15 is 0 Å². The number of aromatic nitrogens is 3. The Hall–Kier alpha value is -1.96. The van der Waals surface area contributed by atoms with Gasteiger partial charge in [-0.25, -0.2) is 14.3 Å². The molecular weight excluding hydrogens is 400 g/mol. The molecule has 1 amide bonds.